The fourth-order valence-electron chi connectivity index (χ4n) is 2.27. The van der Waals surface area contributed by atoms with Crippen LogP contribution in [0.3, 0.4) is 0 Å². The van der Waals surface area contributed by atoms with Crippen molar-refractivity contribution in [3.05, 3.63) is 34.6 Å². The summed E-state index contributed by atoms with van der Waals surface area (Å²) in [5, 5.41) is 0.157. The molecule has 1 aromatic rings. The van der Waals surface area contributed by atoms with Crippen LogP contribution in [0.4, 0.5) is 4.39 Å². The summed E-state index contributed by atoms with van der Waals surface area (Å²) in [5.74, 6) is 0.204. The molecule has 0 radical (unpaired) electrons. The molecule has 0 aliphatic heterocycles. The van der Waals surface area contributed by atoms with Gasteiger partial charge in [0.15, 0.2) is 0 Å². The molecule has 0 aliphatic carbocycles. The number of hydrogen-bond acceptors (Lipinski definition) is 1. The van der Waals surface area contributed by atoms with Crippen LogP contribution in [-0.4, -0.2) is 0 Å². The van der Waals surface area contributed by atoms with Crippen molar-refractivity contribution in [2.45, 2.75) is 52.0 Å². The number of nitrogens with two attached hydrogens (primary N) is 1. The van der Waals surface area contributed by atoms with Gasteiger partial charge in [0.1, 0.15) is 5.82 Å². The van der Waals surface area contributed by atoms with E-state index in [2.05, 4.69) is 13.8 Å². The summed E-state index contributed by atoms with van der Waals surface area (Å²) in [6, 6.07) is 4.79. The normalized spacial score (nSPS) is 14.5. The molecule has 2 atom stereocenters. The van der Waals surface area contributed by atoms with E-state index in [4.69, 9.17) is 17.3 Å². The average Bonchev–Trinajstić information content (AvgIpc) is 2.37. The molecular weight excluding hydrogens is 249 g/mol. The van der Waals surface area contributed by atoms with Crippen molar-refractivity contribution in [1.82, 2.24) is 0 Å². The molecule has 2 N–H and O–H groups in total. The Morgan fingerprint density at radius 3 is 2.67 bits per heavy atom. The van der Waals surface area contributed by atoms with Gasteiger partial charge in [-0.3, -0.25) is 0 Å². The molecule has 0 heterocycles. The van der Waals surface area contributed by atoms with E-state index in [0.717, 1.165) is 12.8 Å². The third kappa shape index (κ3) is 4.25. The molecule has 1 rings (SSSR count). The zero-order chi connectivity index (χ0) is 13.5. The molecule has 18 heavy (non-hydrogen) atoms. The largest absolute Gasteiger partial charge is 0.324 e. The van der Waals surface area contributed by atoms with Gasteiger partial charge in [-0.15, -0.1) is 0 Å². The van der Waals surface area contributed by atoms with Crippen molar-refractivity contribution < 1.29 is 4.39 Å². The minimum Gasteiger partial charge on any atom is -0.324 e. The van der Waals surface area contributed by atoms with E-state index in [1.165, 1.54) is 19.3 Å². The Bertz CT molecular complexity index is 368. The highest BCUT2D eigenvalue weighted by Gasteiger charge is 2.17. The summed E-state index contributed by atoms with van der Waals surface area (Å²) in [6.07, 6.45) is 5.49. The zero-order valence-electron chi connectivity index (χ0n) is 11.3. The maximum Gasteiger partial charge on any atom is 0.146 e. The van der Waals surface area contributed by atoms with Crippen LogP contribution in [-0.2, 0) is 0 Å². The minimum atomic E-state index is -0.364. The first-order valence-corrected chi connectivity index (χ1v) is 7.17. The number of hydrogen-bond donors (Lipinski definition) is 1. The SMILES string of the molecule is CCCCC(CC)CC(N)c1cccc(Cl)c1F. The van der Waals surface area contributed by atoms with E-state index in [0.29, 0.717) is 11.5 Å². The van der Waals surface area contributed by atoms with Crippen LogP contribution in [0.15, 0.2) is 18.2 Å². The third-order valence-corrected chi connectivity index (χ3v) is 3.80. The lowest BCUT2D eigenvalue weighted by atomic mass is 9.89. The van der Waals surface area contributed by atoms with Crippen LogP contribution in [0.1, 0.15) is 57.6 Å². The first kappa shape index (κ1) is 15.5. The topological polar surface area (TPSA) is 26.0 Å². The molecule has 2 unspecified atom stereocenters. The van der Waals surface area contributed by atoms with Gasteiger partial charge in [0.05, 0.1) is 5.02 Å². The monoisotopic (exact) mass is 271 g/mol. The maximum atomic E-state index is 13.8. The van der Waals surface area contributed by atoms with Crippen LogP contribution in [0.2, 0.25) is 5.02 Å². The molecule has 0 saturated carbocycles. The summed E-state index contributed by atoms with van der Waals surface area (Å²) in [4.78, 5) is 0. The summed E-state index contributed by atoms with van der Waals surface area (Å²) in [5.41, 5.74) is 6.65. The number of halogens is 2. The second-order valence-corrected chi connectivity index (χ2v) is 5.31. The van der Waals surface area contributed by atoms with E-state index in [-0.39, 0.29) is 16.9 Å². The van der Waals surface area contributed by atoms with Gasteiger partial charge in [0.2, 0.25) is 0 Å². The van der Waals surface area contributed by atoms with Crippen molar-refractivity contribution >= 4 is 11.6 Å². The molecule has 0 fully saturated rings. The van der Waals surface area contributed by atoms with Crippen LogP contribution >= 0.6 is 11.6 Å². The van der Waals surface area contributed by atoms with Gasteiger partial charge < -0.3 is 5.73 Å². The van der Waals surface area contributed by atoms with Gasteiger partial charge in [-0.05, 0) is 18.4 Å². The van der Waals surface area contributed by atoms with Crippen LogP contribution in [0.25, 0.3) is 0 Å². The van der Waals surface area contributed by atoms with Crippen LogP contribution in [0, 0.1) is 11.7 Å². The van der Waals surface area contributed by atoms with Crippen molar-refractivity contribution in [3.8, 4) is 0 Å². The van der Waals surface area contributed by atoms with Gasteiger partial charge >= 0.3 is 0 Å². The highest BCUT2D eigenvalue weighted by molar-refractivity contribution is 6.30. The van der Waals surface area contributed by atoms with Gasteiger partial charge in [0.25, 0.3) is 0 Å². The predicted octanol–water partition coefficient (Wildman–Crippen LogP) is 5.09. The Morgan fingerprint density at radius 2 is 2.06 bits per heavy atom. The Labute approximate surface area is 115 Å². The number of unbranched alkanes of at least 4 members (excludes halogenated alkanes) is 1. The molecule has 102 valence electrons. The van der Waals surface area contributed by atoms with Gasteiger partial charge in [-0.1, -0.05) is 63.3 Å². The molecular formula is C15H23ClFN. The Kier molecular flexibility index (Phi) is 6.66. The fourth-order valence-corrected chi connectivity index (χ4v) is 2.46. The molecule has 0 spiro atoms. The Balaban J connectivity index is 2.68. The first-order valence-electron chi connectivity index (χ1n) is 6.79. The minimum absolute atomic E-state index is 0.157. The van der Waals surface area contributed by atoms with Crippen LogP contribution in [0.5, 0.6) is 0 Å². The van der Waals surface area contributed by atoms with E-state index in [1.807, 2.05) is 0 Å². The van der Waals surface area contributed by atoms with E-state index >= 15 is 0 Å². The number of rotatable bonds is 7. The van der Waals surface area contributed by atoms with Crippen molar-refractivity contribution in [1.29, 1.82) is 0 Å². The molecule has 0 bridgehead atoms. The second-order valence-electron chi connectivity index (χ2n) is 4.90. The second kappa shape index (κ2) is 7.75. The van der Waals surface area contributed by atoms with Gasteiger partial charge in [-0.25, -0.2) is 4.39 Å². The highest BCUT2D eigenvalue weighted by atomic mass is 35.5. The number of benzene rings is 1. The molecule has 0 saturated heterocycles. The lowest BCUT2D eigenvalue weighted by Crippen LogP contribution is -2.17. The highest BCUT2D eigenvalue weighted by Crippen LogP contribution is 2.28. The van der Waals surface area contributed by atoms with Crippen molar-refractivity contribution in [2.75, 3.05) is 0 Å². The van der Waals surface area contributed by atoms with E-state index < -0.39 is 0 Å². The Hall–Kier alpha value is -0.600. The maximum absolute atomic E-state index is 13.8. The smallest absolute Gasteiger partial charge is 0.146 e. The summed E-state index contributed by atoms with van der Waals surface area (Å²) >= 11 is 5.78. The van der Waals surface area contributed by atoms with Crippen molar-refractivity contribution in [3.63, 3.8) is 0 Å². The quantitative estimate of drug-likeness (QED) is 0.735. The average molecular weight is 272 g/mol. The molecule has 0 amide bonds. The van der Waals surface area contributed by atoms with Gasteiger partial charge in [0, 0.05) is 11.6 Å². The van der Waals surface area contributed by atoms with Crippen molar-refractivity contribution in [2.24, 2.45) is 11.7 Å². The van der Waals surface area contributed by atoms with E-state index in [1.54, 1.807) is 18.2 Å². The van der Waals surface area contributed by atoms with E-state index in [9.17, 15) is 4.39 Å². The predicted molar refractivity (Wildman–Crippen MR) is 76.3 cm³/mol. The summed E-state index contributed by atoms with van der Waals surface area (Å²) in [6.45, 7) is 4.35. The third-order valence-electron chi connectivity index (χ3n) is 3.51. The lowest BCUT2D eigenvalue weighted by molar-refractivity contribution is 0.383. The zero-order valence-corrected chi connectivity index (χ0v) is 12.0. The molecule has 0 aliphatic rings. The molecule has 1 aromatic carbocycles. The molecule has 0 aromatic heterocycles. The standard InChI is InChI=1S/C15H23ClFN/c1-3-5-7-11(4-2)10-14(18)12-8-6-9-13(16)15(12)17/h6,8-9,11,14H,3-5,7,10,18H2,1-2H3. The summed E-state index contributed by atoms with van der Waals surface area (Å²) in [7, 11) is 0. The first-order chi connectivity index (χ1) is 8.60. The lowest BCUT2D eigenvalue weighted by Gasteiger charge is -2.20. The molecule has 1 nitrogen and oxygen atoms in total. The Morgan fingerprint density at radius 1 is 1.33 bits per heavy atom. The van der Waals surface area contributed by atoms with Gasteiger partial charge in [-0.2, -0.15) is 0 Å². The fraction of sp³-hybridized carbons (Fsp3) is 0.600. The summed E-state index contributed by atoms with van der Waals surface area (Å²) < 4.78 is 13.8. The molecule has 3 heteroatoms. The van der Waals surface area contributed by atoms with Crippen LogP contribution < -0.4 is 5.73 Å².